The number of hydrogen-bond donors (Lipinski definition) is 3. The molecule has 1 saturated carbocycles. The minimum Gasteiger partial charge on any atom is -0.365 e. The van der Waals surface area contributed by atoms with Crippen LogP contribution in [0.2, 0.25) is 0 Å². The van der Waals surface area contributed by atoms with E-state index in [9.17, 15) is 0 Å². The molecule has 2 aromatic heterocycles. The summed E-state index contributed by atoms with van der Waals surface area (Å²) in [5, 5.41) is 3.34. The predicted molar refractivity (Wildman–Crippen MR) is 78.2 cm³/mol. The molecule has 5 nitrogen and oxygen atoms in total. The molecule has 0 amide bonds. The summed E-state index contributed by atoms with van der Waals surface area (Å²) in [6.45, 7) is 2.89. The van der Waals surface area contributed by atoms with E-state index in [4.69, 9.17) is 5.84 Å². The topological polar surface area (TPSA) is 75.9 Å². The minimum absolute atomic E-state index is 0.512. The van der Waals surface area contributed by atoms with Crippen LogP contribution in [0, 0.1) is 6.92 Å². The lowest BCUT2D eigenvalue weighted by molar-refractivity contribution is 0.921. The molecule has 6 heteroatoms. The largest absolute Gasteiger partial charge is 0.365 e. The van der Waals surface area contributed by atoms with E-state index in [-0.39, 0.29) is 0 Å². The van der Waals surface area contributed by atoms with Crippen LogP contribution in [-0.4, -0.2) is 9.97 Å². The van der Waals surface area contributed by atoms with Crippen molar-refractivity contribution in [2.75, 3.05) is 10.7 Å². The van der Waals surface area contributed by atoms with Gasteiger partial charge in [-0.15, -0.1) is 11.3 Å². The molecule has 19 heavy (non-hydrogen) atoms. The zero-order valence-electron chi connectivity index (χ0n) is 10.8. The molecule has 0 saturated heterocycles. The lowest BCUT2D eigenvalue weighted by atomic mass is 10.3. The summed E-state index contributed by atoms with van der Waals surface area (Å²) < 4.78 is 0. The zero-order valence-corrected chi connectivity index (χ0v) is 11.6. The molecule has 0 aliphatic heterocycles. The number of hydrazine groups is 1. The fraction of sp³-hybridized carbons (Fsp3) is 0.385. The number of nitrogens with zero attached hydrogens (tertiary/aromatic N) is 2. The van der Waals surface area contributed by atoms with Crippen LogP contribution < -0.4 is 16.6 Å². The third-order valence-electron chi connectivity index (χ3n) is 3.07. The molecule has 2 aromatic rings. The summed E-state index contributed by atoms with van der Waals surface area (Å²) >= 11 is 1.79. The summed E-state index contributed by atoms with van der Waals surface area (Å²) in [6, 6.07) is 6.11. The number of thiophene rings is 1. The van der Waals surface area contributed by atoms with Gasteiger partial charge in [0.05, 0.1) is 6.54 Å². The predicted octanol–water partition coefficient (Wildman–Crippen LogP) is 2.62. The number of rotatable bonds is 5. The second-order valence-electron chi connectivity index (χ2n) is 4.78. The zero-order chi connectivity index (χ0) is 13.2. The van der Waals surface area contributed by atoms with E-state index in [1.54, 1.807) is 11.3 Å². The highest BCUT2D eigenvalue weighted by Crippen LogP contribution is 2.38. The second-order valence-corrected chi connectivity index (χ2v) is 6.15. The quantitative estimate of drug-likeness (QED) is 0.577. The Morgan fingerprint density at radius 2 is 2.11 bits per heavy atom. The van der Waals surface area contributed by atoms with Crippen LogP contribution in [0.4, 0.5) is 11.6 Å². The van der Waals surface area contributed by atoms with Gasteiger partial charge in [-0.2, -0.15) is 0 Å². The van der Waals surface area contributed by atoms with Crippen molar-refractivity contribution in [3.63, 3.8) is 0 Å². The van der Waals surface area contributed by atoms with Gasteiger partial charge < -0.3 is 10.7 Å². The van der Waals surface area contributed by atoms with Crippen LogP contribution in [0.3, 0.4) is 0 Å². The van der Waals surface area contributed by atoms with Crippen LogP contribution in [0.5, 0.6) is 0 Å². The third kappa shape index (κ3) is 3.02. The van der Waals surface area contributed by atoms with Gasteiger partial charge in [-0.1, -0.05) is 0 Å². The Labute approximate surface area is 116 Å². The molecular formula is C13H17N5S. The Balaban J connectivity index is 1.74. The van der Waals surface area contributed by atoms with E-state index in [1.165, 1.54) is 22.6 Å². The molecule has 2 heterocycles. The van der Waals surface area contributed by atoms with Gasteiger partial charge in [0.1, 0.15) is 17.5 Å². The van der Waals surface area contributed by atoms with Crippen LogP contribution in [-0.2, 0) is 6.54 Å². The molecule has 1 aliphatic rings. The molecule has 100 valence electrons. The summed E-state index contributed by atoms with van der Waals surface area (Å²) in [7, 11) is 0. The van der Waals surface area contributed by atoms with Crippen molar-refractivity contribution in [3.8, 4) is 0 Å². The molecule has 0 atom stereocenters. The van der Waals surface area contributed by atoms with Gasteiger partial charge in [0, 0.05) is 21.7 Å². The van der Waals surface area contributed by atoms with E-state index >= 15 is 0 Å². The average molecular weight is 275 g/mol. The molecule has 4 N–H and O–H groups in total. The van der Waals surface area contributed by atoms with Crippen LogP contribution in [0.1, 0.15) is 34.3 Å². The highest BCUT2D eigenvalue weighted by atomic mass is 32.1. The lowest BCUT2D eigenvalue weighted by Crippen LogP contribution is -2.12. The fourth-order valence-electron chi connectivity index (χ4n) is 1.91. The summed E-state index contributed by atoms with van der Waals surface area (Å²) in [6.07, 6.45) is 2.36. The van der Waals surface area contributed by atoms with Gasteiger partial charge in [-0.3, -0.25) is 0 Å². The number of aromatic nitrogens is 2. The second kappa shape index (κ2) is 5.14. The monoisotopic (exact) mass is 275 g/mol. The fourth-order valence-corrected chi connectivity index (χ4v) is 2.74. The van der Waals surface area contributed by atoms with E-state index in [1.807, 2.05) is 6.07 Å². The van der Waals surface area contributed by atoms with Gasteiger partial charge in [0.25, 0.3) is 0 Å². The molecule has 0 radical (unpaired) electrons. The van der Waals surface area contributed by atoms with Gasteiger partial charge >= 0.3 is 0 Å². The molecule has 0 spiro atoms. The summed E-state index contributed by atoms with van der Waals surface area (Å²) in [5.74, 6) is 8.35. The van der Waals surface area contributed by atoms with Crippen molar-refractivity contribution in [1.29, 1.82) is 0 Å². The molecule has 1 aliphatic carbocycles. The first-order chi connectivity index (χ1) is 9.24. The number of anilines is 2. The first-order valence-corrected chi connectivity index (χ1v) is 7.21. The highest BCUT2D eigenvalue weighted by Gasteiger charge is 2.27. The van der Waals surface area contributed by atoms with Crippen molar-refractivity contribution >= 4 is 23.0 Å². The number of nitrogens with one attached hydrogen (secondary N) is 2. The standard InChI is InChI=1S/C13H17N5S/c1-8-2-5-10(19-8)7-15-11-6-12(18-14)17-13(16-11)9-3-4-9/h2,5-6,9H,3-4,7,14H2,1H3,(H2,15,16,17,18). The molecule has 0 bridgehead atoms. The van der Waals surface area contributed by atoms with Crippen molar-refractivity contribution in [2.45, 2.75) is 32.2 Å². The summed E-state index contributed by atoms with van der Waals surface area (Å²) in [5.41, 5.74) is 2.60. The lowest BCUT2D eigenvalue weighted by Gasteiger charge is -2.08. The number of aryl methyl sites for hydroxylation is 1. The van der Waals surface area contributed by atoms with Gasteiger partial charge in [-0.05, 0) is 31.9 Å². The Bertz CT molecular complexity index is 576. The molecule has 1 fully saturated rings. The Hall–Kier alpha value is -1.66. The van der Waals surface area contributed by atoms with E-state index in [2.05, 4.69) is 39.8 Å². The smallest absolute Gasteiger partial charge is 0.145 e. The van der Waals surface area contributed by atoms with Gasteiger partial charge in [0.2, 0.25) is 0 Å². The SMILES string of the molecule is Cc1ccc(CNc2cc(NN)nc(C3CC3)n2)s1. The Morgan fingerprint density at radius 3 is 2.74 bits per heavy atom. The summed E-state index contributed by atoms with van der Waals surface area (Å²) in [4.78, 5) is 11.6. The maximum atomic E-state index is 5.45. The molecule has 3 rings (SSSR count). The third-order valence-corrected chi connectivity index (χ3v) is 4.07. The van der Waals surface area contributed by atoms with E-state index < -0.39 is 0 Å². The molecule has 0 aromatic carbocycles. The van der Waals surface area contributed by atoms with Crippen molar-refractivity contribution in [2.24, 2.45) is 5.84 Å². The maximum Gasteiger partial charge on any atom is 0.145 e. The van der Waals surface area contributed by atoms with Crippen molar-refractivity contribution in [1.82, 2.24) is 9.97 Å². The molecule has 0 unspecified atom stereocenters. The van der Waals surface area contributed by atoms with Crippen molar-refractivity contribution < 1.29 is 0 Å². The van der Waals surface area contributed by atoms with Crippen LogP contribution in [0.25, 0.3) is 0 Å². The Morgan fingerprint density at radius 1 is 1.32 bits per heavy atom. The Kier molecular flexibility index (Phi) is 3.35. The van der Waals surface area contributed by atoms with Gasteiger partial charge in [-0.25, -0.2) is 15.8 Å². The van der Waals surface area contributed by atoms with E-state index in [0.717, 1.165) is 18.2 Å². The number of hydrogen-bond acceptors (Lipinski definition) is 6. The number of nitrogen functional groups attached to an aromatic ring is 1. The van der Waals surface area contributed by atoms with Gasteiger partial charge in [0.15, 0.2) is 0 Å². The highest BCUT2D eigenvalue weighted by molar-refractivity contribution is 7.11. The first-order valence-electron chi connectivity index (χ1n) is 6.39. The number of nitrogens with two attached hydrogens (primary N) is 1. The van der Waals surface area contributed by atoms with E-state index in [0.29, 0.717) is 11.7 Å². The van der Waals surface area contributed by atoms with Crippen LogP contribution in [0.15, 0.2) is 18.2 Å². The average Bonchev–Trinajstić information content (AvgIpc) is 3.19. The first kappa shape index (κ1) is 12.4. The minimum atomic E-state index is 0.512. The maximum absolute atomic E-state index is 5.45. The van der Waals surface area contributed by atoms with Crippen molar-refractivity contribution in [3.05, 3.63) is 33.8 Å². The van der Waals surface area contributed by atoms with Crippen LogP contribution >= 0.6 is 11.3 Å². The normalized spacial score (nSPS) is 14.4. The molecular weight excluding hydrogens is 258 g/mol.